The Labute approximate surface area is 215 Å². The second-order valence-corrected chi connectivity index (χ2v) is 9.51. The van der Waals surface area contributed by atoms with Crippen LogP contribution < -0.4 is 5.32 Å². The molecule has 1 N–H and O–H groups in total. The van der Waals surface area contributed by atoms with E-state index in [4.69, 9.17) is 5.10 Å². The van der Waals surface area contributed by atoms with E-state index in [-0.39, 0.29) is 18.4 Å². The number of benzene rings is 1. The molecule has 0 aliphatic carbocycles. The van der Waals surface area contributed by atoms with E-state index >= 15 is 0 Å². The molecule has 0 bridgehead atoms. The molecule has 0 saturated carbocycles. The molecule has 2 aliphatic rings. The fourth-order valence-electron chi connectivity index (χ4n) is 5.20. The lowest BCUT2D eigenvalue weighted by Crippen LogP contribution is -2.50. The third kappa shape index (κ3) is 4.77. The predicted molar refractivity (Wildman–Crippen MR) is 138 cm³/mol. The van der Waals surface area contributed by atoms with Gasteiger partial charge in [0.05, 0.1) is 13.1 Å². The summed E-state index contributed by atoms with van der Waals surface area (Å²) in [5, 5.41) is 7.63. The molecule has 0 unspecified atom stereocenters. The molecular weight excluding hydrogens is 466 g/mol. The maximum atomic E-state index is 13.6. The van der Waals surface area contributed by atoms with Crippen molar-refractivity contribution in [3.05, 3.63) is 101 Å². The van der Waals surface area contributed by atoms with Crippen LogP contribution in [0.15, 0.2) is 73.1 Å². The van der Waals surface area contributed by atoms with Crippen molar-refractivity contribution in [2.75, 3.05) is 26.2 Å². The second-order valence-electron chi connectivity index (χ2n) is 9.51. The van der Waals surface area contributed by atoms with Crippen molar-refractivity contribution < 1.29 is 9.59 Å². The highest BCUT2D eigenvalue weighted by Crippen LogP contribution is 2.26. The van der Waals surface area contributed by atoms with Crippen molar-refractivity contribution in [1.82, 2.24) is 34.4 Å². The monoisotopic (exact) mass is 495 g/mol. The lowest BCUT2D eigenvalue weighted by Gasteiger charge is -2.29. The van der Waals surface area contributed by atoms with Crippen LogP contribution in [0.4, 0.5) is 0 Å². The lowest BCUT2D eigenvalue weighted by molar-refractivity contribution is -0.123. The van der Waals surface area contributed by atoms with Crippen molar-refractivity contribution in [2.24, 2.45) is 0 Å². The molecule has 0 radical (unpaired) electrons. The van der Waals surface area contributed by atoms with E-state index in [2.05, 4.69) is 38.0 Å². The number of hydrogen-bond donors (Lipinski definition) is 1. The number of nitrogens with one attached hydrogen (secondary N) is 1. The van der Waals surface area contributed by atoms with Crippen molar-refractivity contribution in [1.29, 1.82) is 0 Å². The molecule has 2 amide bonds. The lowest BCUT2D eigenvalue weighted by atomic mass is 10.0. The van der Waals surface area contributed by atoms with E-state index in [1.807, 2.05) is 53.3 Å². The Morgan fingerprint density at radius 1 is 0.946 bits per heavy atom. The number of pyridine rings is 1. The minimum atomic E-state index is -0.170. The van der Waals surface area contributed by atoms with Gasteiger partial charge in [-0.25, -0.2) is 4.98 Å². The Hall–Kier alpha value is -4.24. The van der Waals surface area contributed by atoms with Gasteiger partial charge in [-0.15, -0.1) is 0 Å². The van der Waals surface area contributed by atoms with Crippen LogP contribution in [-0.2, 0) is 30.8 Å². The molecule has 6 rings (SSSR count). The fourth-order valence-corrected chi connectivity index (χ4v) is 5.20. The Morgan fingerprint density at radius 2 is 1.81 bits per heavy atom. The molecule has 1 aromatic carbocycles. The van der Waals surface area contributed by atoms with E-state index in [0.29, 0.717) is 31.9 Å². The number of hydrogen-bond acceptors (Lipinski definition) is 5. The number of nitrogens with zero attached hydrogens (tertiary/aromatic N) is 6. The Balaban J connectivity index is 1.29. The van der Waals surface area contributed by atoms with Gasteiger partial charge in [-0.05, 0) is 29.8 Å². The van der Waals surface area contributed by atoms with E-state index in [0.717, 1.165) is 47.8 Å². The zero-order chi connectivity index (χ0) is 25.2. The summed E-state index contributed by atoms with van der Waals surface area (Å²) in [6, 6.07) is 20.2. The normalized spacial score (nSPS) is 15.9. The molecule has 37 heavy (non-hydrogen) atoms. The second kappa shape index (κ2) is 10.0. The molecule has 188 valence electrons. The van der Waals surface area contributed by atoms with Crippen LogP contribution in [0.25, 0.3) is 5.82 Å². The number of carbonyl (C=O) groups is 2. The van der Waals surface area contributed by atoms with E-state index < -0.39 is 0 Å². The van der Waals surface area contributed by atoms with Crippen molar-refractivity contribution >= 4 is 11.8 Å². The summed E-state index contributed by atoms with van der Waals surface area (Å²) in [7, 11) is 0. The van der Waals surface area contributed by atoms with Crippen LogP contribution in [0.5, 0.6) is 0 Å². The summed E-state index contributed by atoms with van der Waals surface area (Å²) >= 11 is 0. The van der Waals surface area contributed by atoms with Crippen LogP contribution >= 0.6 is 0 Å². The summed E-state index contributed by atoms with van der Waals surface area (Å²) in [6.45, 7) is 3.85. The number of aromatic nitrogens is 4. The van der Waals surface area contributed by atoms with Gasteiger partial charge in [0.25, 0.3) is 5.91 Å². The van der Waals surface area contributed by atoms with Crippen LogP contribution in [0, 0.1) is 0 Å². The number of rotatable bonds is 6. The van der Waals surface area contributed by atoms with E-state index in [1.54, 1.807) is 11.1 Å². The number of carbonyl (C=O) groups excluding carboxylic acids is 2. The number of amides is 2. The summed E-state index contributed by atoms with van der Waals surface area (Å²) in [5.74, 6) is 0.584. The third-order valence-corrected chi connectivity index (χ3v) is 7.03. The number of piperazine rings is 1. The summed E-state index contributed by atoms with van der Waals surface area (Å²) in [5.41, 5.74) is 4.81. The molecule has 1 saturated heterocycles. The molecule has 9 nitrogen and oxygen atoms in total. The molecular formula is C28H29N7O2. The highest BCUT2D eigenvalue weighted by atomic mass is 16.2. The average molecular weight is 496 g/mol. The maximum Gasteiger partial charge on any atom is 0.275 e. The topological polar surface area (TPSA) is 88.3 Å². The summed E-state index contributed by atoms with van der Waals surface area (Å²) in [6.07, 6.45) is 4.63. The van der Waals surface area contributed by atoms with Gasteiger partial charge in [-0.2, -0.15) is 5.10 Å². The van der Waals surface area contributed by atoms with Gasteiger partial charge in [0.1, 0.15) is 5.82 Å². The number of fused-ring (bicyclic) bond motifs is 1. The fraction of sp³-hybridized carbons (Fsp3) is 0.286. The molecule has 1 fully saturated rings. The highest BCUT2D eigenvalue weighted by molar-refractivity contribution is 5.97. The van der Waals surface area contributed by atoms with Gasteiger partial charge in [0, 0.05) is 68.5 Å². The standard InChI is InChI=1S/C28H29N7O2/c36-26-20-33(16-13-30-26)28(37)27-23-19-32(18-22-9-6-14-34(22)25-10-4-5-12-29-25)15-11-24(23)35(31-27)17-21-7-2-1-3-8-21/h1-10,12,14H,11,13,15-20H2,(H,30,36). The van der Waals surface area contributed by atoms with Gasteiger partial charge in [-0.1, -0.05) is 36.4 Å². The van der Waals surface area contributed by atoms with Crippen molar-refractivity contribution in [3.63, 3.8) is 0 Å². The summed E-state index contributed by atoms with van der Waals surface area (Å²) < 4.78 is 4.09. The smallest absolute Gasteiger partial charge is 0.275 e. The zero-order valence-corrected chi connectivity index (χ0v) is 20.6. The van der Waals surface area contributed by atoms with Gasteiger partial charge in [0.15, 0.2) is 5.69 Å². The predicted octanol–water partition coefficient (Wildman–Crippen LogP) is 2.25. The van der Waals surface area contributed by atoms with Crippen LogP contribution in [0.3, 0.4) is 0 Å². The molecule has 4 aromatic rings. The van der Waals surface area contributed by atoms with Crippen LogP contribution in [0.2, 0.25) is 0 Å². The largest absolute Gasteiger partial charge is 0.353 e. The minimum Gasteiger partial charge on any atom is -0.353 e. The first-order valence-electron chi connectivity index (χ1n) is 12.6. The first-order chi connectivity index (χ1) is 18.2. The van der Waals surface area contributed by atoms with Crippen molar-refractivity contribution in [2.45, 2.75) is 26.1 Å². The highest BCUT2D eigenvalue weighted by Gasteiger charge is 2.32. The van der Waals surface area contributed by atoms with Crippen LogP contribution in [-0.4, -0.2) is 67.1 Å². The summed E-state index contributed by atoms with van der Waals surface area (Å²) in [4.78, 5) is 34.0. The van der Waals surface area contributed by atoms with Crippen molar-refractivity contribution in [3.8, 4) is 5.82 Å². The van der Waals surface area contributed by atoms with Crippen LogP contribution in [0.1, 0.15) is 33.0 Å². The molecule has 3 aromatic heterocycles. The van der Waals surface area contributed by atoms with Gasteiger partial charge >= 0.3 is 0 Å². The Bertz CT molecular complexity index is 1410. The minimum absolute atomic E-state index is 0.0699. The molecule has 9 heteroatoms. The van der Waals surface area contributed by atoms with Gasteiger partial charge < -0.3 is 14.8 Å². The molecule has 2 aliphatic heterocycles. The van der Waals surface area contributed by atoms with Gasteiger partial charge in [-0.3, -0.25) is 19.2 Å². The van der Waals surface area contributed by atoms with E-state index in [1.165, 1.54) is 0 Å². The Morgan fingerprint density at radius 3 is 2.62 bits per heavy atom. The van der Waals surface area contributed by atoms with E-state index in [9.17, 15) is 9.59 Å². The third-order valence-electron chi connectivity index (χ3n) is 7.03. The molecule has 0 spiro atoms. The first kappa shape index (κ1) is 23.2. The molecule has 5 heterocycles. The van der Waals surface area contributed by atoms with Gasteiger partial charge in [0.2, 0.25) is 5.91 Å². The SMILES string of the molecule is O=C1CN(C(=O)c2nn(Cc3ccccc3)c3c2CN(Cc2cccn2-c2ccccn2)CC3)CCN1. The molecule has 0 atom stereocenters. The average Bonchev–Trinajstić information content (AvgIpc) is 3.54. The quantitative estimate of drug-likeness (QED) is 0.443. The maximum absolute atomic E-state index is 13.6. The first-order valence-corrected chi connectivity index (χ1v) is 12.6. The Kier molecular flexibility index (Phi) is 6.28. The zero-order valence-electron chi connectivity index (χ0n) is 20.6.